The third kappa shape index (κ3) is 3.62. The molecule has 142 valence electrons. The Labute approximate surface area is 162 Å². The molecule has 0 bridgehead atoms. The van der Waals surface area contributed by atoms with Crippen molar-refractivity contribution in [2.75, 3.05) is 24.5 Å². The van der Waals surface area contributed by atoms with Crippen LogP contribution in [0.1, 0.15) is 25.1 Å². The van der Waals surface area contributed by atoms with E-state index in [1.807, 2.05) is 11.0 Å². The van der Waals surface area contributed by atoms with Gasteiger partial charge in [0.25, 0.3) is 0 Å². The SMILES string of the molecule is N#CC(=N)/C=C\c1ncc(-c2cc(N3CCN4C(=O)CCCC4C3)ncn2)[nH]1. The van der Waals surface area contributed by atoms with Crippen molar-refractivity contribution in [3.05, 3.63) is 30.5 Å². The standard InChI is InChI=1S/C19H20N8O/c20-9-13(21)4-5-17-22-10-16(25-17)15-8-18(24-12-23-15)26-6-7-27-14(11-26)2-1-3-19(27)28/h4-5,8,10,12,14,21H,1-3,6-7,11H2,(H,22,25)/b5-4-,21-13?. The van der Waals surface area contributed by atoms with E-state index in [0.29, 0.717) is 12.2 Å². The van der Waals surface area contributed by atoms with Crippen molar-refractivity contribution in [1.29, 1.82) is 10.7 Å². The first-order chi connectivity index (χ1) is 13.6. The fraction of sp³-hybridized carbons (Fsp3) is 0.368. The van der Waals surface area contributed by atoms with E-state index in [2.05, 4.69) is 24.8 Å². The molecule has 9 nitrogen and oxygen atoms in total. The maximum Gasteiger partial charge on any atom is 0.222 e. The minimum atomic E-state index is -0.136. The summed E-state index contributed by atoms with van der Waals surface area (Å²) >= 11 is 0. The molecule has 2 fully saturated rings. The Morgan fingerprint density at radius 3 is 3.11 bits per heavy atom. The molecule has 2 N–H and O–H groups in total. The zero-order valence-corrected chi connectivity index (χ0v) is 15.3. The van der Waals surface area contributed by atoms with Gasteiger partial charge in [-0.25, -0.2) is 15.0 Å². The number of anilines is 1. The highest BCUT2D eigenvalue weighted by Gasteiger charge is 2.33. The lowest BCUT2D eigenvalue weighted by molar-refractivity contribution is -0.136. The first-order valence-corrected chi connectivity index (χ1v) is 9.22. The van der Waals surface area contributed by atoms with Crippen LogP contribution in [-0.2, 0) is 4.79 Å². The minimum absolute atomic E-state index is 0.136. The lowest BCUT2D eigenvalue weighted by Gasteiger charge is -2.44. The number of hydrogen-bond acceptors (Lipinski definition) is 7. The number of hydrogen-bond donors (Lipinski definition) is 2. The molecule has 0 radical (unpaired) electrons. The van der Waals surface area contributed by atoms with Crippen molar-refractivity contribution >= 4 is 23.5 Å². The summed E-state index contributed by atoms with van der Waals surface area (Å²) in [5.41, 5.74) is 1.32. The summed E-state index contributed by atoms with van der Waals surface area (Å²) < 4.78 is 0. The first-order valence-electron chi connectivity index (χ1n) is 9.22. The minimum Gasteiger partial charge on any atom is -0.353 e. The number of nitriles is 1. The summed E-state index contributed by atoms with van der Waals surface area (Å²) in [6.07, 6.45) is 8.82. The number of aromatic nitrogens is 4. The van der Waals surface area contributed by atoms with Crippen LogP contribution in [0.5, 0.6) is 0 Å². The lowest BCUT2D eigenvalue weighted by atomic mass is 9.99. The number of nitrogens with zero attached hydrogens (tertiary/aromatic N) is 6. The second-order valence-electron chi connectivity index (χ2n) is 6.88. The van der Waals surface area contributed by atoms with E-state index in [0.717, 1.165) is 49.7 Å². The first kappa shape index (κ1) is 17.9. The molecule has 0 saturated carbocycles. The van der Waals surface area contributed by atoms with Gasteiger partial charge in [-0.15, -0.1) is 0 Å². The average Bonchev–Trinajstić information content (AvgIpc) is 3.21. The molecule has 2 aromatic rings. The second kappa shape index (κ2) is 7.60. The van der Waals surface area contributed by atoms with E-state index in [9.17, 15) is 4.79 Å². The van der Waals surface area contributed by atoms with Crippen LogP contribution in [0.15, 0.2) is 24.7 Å². The van der Waals surface area contributed by atoms with Crippen molar-refractivity contribution in [1.82, 2.24) is 24.8 Å². The predicted octanol–water partition coefficient (Wildman–Crippen LogP) is 1.62. The summed E-state index contributed by atoms with van der Waals surface area (Å²) in [6.45, 7) is 2.27. The van der Waals surface area contributed by atoms with E-state index in [1.165, 1.54) is 12.4 Å². The molecule has 0 aromatic carbocycles. The van der Waals surface area contributed by atoms with E-state index in [-0.39, 0.29) is 17.7 Å². The van der Waals surface area contributed by atoms with E-state index in [1.54, 1.807) is 18.3 Å². The van der Waals surface area contributed by atoms with Gasteiger partial charge in [0.1, 0.15) is 29.8 Å². The number of allylic oxidation sites excluding steroid dienone is 1. The van der Waals surface area contributed by atoms with Crippen LogP contribution >= 0.6 is 0 Å². The highest BCUT2D eigenvalue weighted by Crippen LogP contribution is 2.26. The third-order valence-corrected chi connectivity index (χ3v) is 5.11. The second-order valence-corrected chi connectivity index (χ2v) is 6.88. The summed E-state index contributed by atoms with van der Waals surface area (Å²) in [5, 5.41) is 16.0. The highest BCUT2D eigenvalue weighted by atomic mass is 16.2. The highest BCUT2D eigenvalue weighted by molar-refractivity contribution is 6.06. The molecule has 0 aliphatic carbocycles. The fourth-order valence-corrected chi connectivity index (χ4v) is 3.69. The molecule has 2 aromatic heterocycles. The van der Waals surface area contributed by atoms with Crippen LogP contribution in [-0.4, -0.2) is 62.1 Å². The third-order valence-electron chi connectivity index (χ3n) is 5.11. The number of amides is 1. The zero-order valence-electron chi connectivity index (χ0n) is 15.3. The molecule has 28 heavy (non-hydrogen) atoms. The number of piperazine rings is 1. The summed E-state index contributed by atoms with van der Waals surface area (Å²) in [4.78, 5) is 32.4. The van der Waals surface area contributed by atoms with Gasteiger partial charge in [0.15, 0.2) is 0 Å². The number of imidazole rings is 1. The Morgan fingerprint density at radius 2 is 2.25 bits per heavy atom. The van der Waals surface area contributed by atoms with Crippen LogP contribution in [0.2, 0.25) is 0 Å². The van der Waals surface area contributed by atoms with Gasteiger partial charge >= 0.3 is 0 Å². The van der Waals surface area contributed by atoms with Gasteiger partial charge in [-0.3, -0.25) is 10.2 Å². The Balaban J connectivity index is 1.50. The predicted molar refractivity (Wildman–Crippen MR) is 104 cm³/mol. The quantitative estimate of drug-likeness (QED) is 0.781. The van der Waals surface area contributed by atoms with Gasteiger partial charge in [-0.1, -0.05) is 0 Å². The largest absolute Gasteiger partial charge is 0.353 e. The van der Waals surface area contributed by atoms with Crippen molar-refractivity contribution in [2.24, 2.45) is 0 Å². The van der Waals surface area contributed by atoms with Gasteiger partial charge in [-0.05, 0) is 25.0 Å². The van der Waals surface area contributed by atoms with Gasteiger partial charge < -0.3 is 14.8 Å². The summed E-state index contributed by atoms with van der Waals surface area (Å²) in [5.74, 6) is 1.65. The van der Waals surface area contributed by atoms with E-state index < -0.39 is 0 Å². The number of nitrogens with one attached hydrogen (secondary N) is 2. The van der Waals surface area contributed by atoms with Crippen LogP contribution in [0.4, 0.5) is 5.82 Å². The lowest BCUT2D eigenvalue weighted by Crippen LogP contribution is -2.57. The van der Waals surface area contributed by atoms with Gasteiger partial charge in [0, 0.05) is 38.2 Å². The maximum absolute atomic E-state index is 12.1. The molecule has 1 amide bonds. The molecule has 1 unspecified atom stereocenters. The number of rotatable bonds is 4. The molecule has 4 rings (SSSR count). The summed E-state index contributed by atoms with van der Waals surface area (Å²) in [7, 11) is 0. The Hall–Kier alpha value is -3.54. The topological polar surface area (TPSA) is 126 Å². The van der Waals surface area contributed by atoms with E-state index in [4.69, 9.17) is 10.7 Å². The monoisotopic (exact) mass is 376 g/mol. The van der Waals surface area contributed by atoms with Crippen molar-refractivity contribution in [3.8, 4) is 17.5 Å². The number of carbonyl (C=O) groups is 1. The zero-order chi connectivity index (χ0) is 19.5. The molecule has 2 aliphatic rings. The number of H-pyrrole nitrogens is 1. The molecular weight excluding hydrogens is 356 g/mol. The van der Waals surface area contributed by atoms with Gasteiger partial charge in [0.2, 0.25) is 5.91 Å². The molecule has 2 aliphatic heterocycles. The van der Waals surface area contributed by atoms with Crippen molar-refractivity contribution in [2.45, 2.75) is 25.3 Å². The Bertz CT molecular complexity index is 972. The summed E-state index contributed by atoms with van der Waals surface area (Å²) in [6, 6.07) is 3.92. The van der Waals surface area contributed by atoms with Crippen LogP contribution < -0.4 is 4.90 Å². The smallest absolute Gasteiger partial charge is 0.222 e. The number of piperidine rings is 1. The molecular formula is C19H20N8O. The Morgan fingerprint density at radius 1 is 1.36 bits per heavy atom. The van der Waals surface area contributed by atoms with Crippen molar-refractivity contribution < 1.29 is 4.79 Å². The van der Waals surface area contributed by atoms with Gasteiger partial charge in [0.05, 0.1) is 17.6 Å². The normalized spacial score (nSPS) is 19.5. The average molecular weight is 376 g/mol. The van der Waals surface area contributed by atoms with Crippen LogP contribution in [0, 0.1) is 16.7 Å². The molecule has 1 atom stereocenters. The maximum atomic E-state index is 12.1. The van der Waals surface area contributed by atoms with Crippen LogP contribution in [0.25, 0.3) is 17.5 Å². The van der Waals surface area contributed by atoms with Crippen molar-refractivity contribution in [3.63, 3.8) is 0 Å². The number of carbonyl (C=O) groups excluding carboxylic acids is 1. The molecule has 4 heterocycles. The fourth-order valence-electron chi connectivity index (χ4n) is 3.69. The van der Waals surface area contributed by atoms with Crippen LogP contribution in [0.3, 0.4) is 0 Å². The number of aromatic amines is 1. The molecule has 9 heteroatoms. The number of fused-ring (bicyclic) bond motifs is 1. The van der Waals surface area contributed by atoms with E-state index >= 15 is 0 Å². The molecule has 2 saturated heterocycles. The Kier molecular flexibility index (Phi) is 4.85. The van der Waals surface area contributed by atoms with Gasteiger partial charge in [-0.2, -0.15) is 5.26 Å². The molecule has 0 spiro atoms.